The molecule has 1 atom stereocenters. The van der Waals surface area contributed by atoms with E-state index in [2.05, 4.69) is 16.4 Å². The summed E-state index contributed by atoms with van der Waals surface area (Å²) in [6.07, 6.45) is 4.97. The van der Waals surface area contributed by atoms with Crippen molar-refractivity contribution in [1.82, 2.24) is 10.3 Å². The number of nitrogens with one attached hydrogen (secondary N) is 1. The highest BCUT2D eigenvalue weighted by Crippen LogP contribution is 2.05. The zero-order valence-electron chi connectivity index (χ0n) is 7.57. The maximum Gasteiger partial charge on any atom is 0.0740 e. The van der Waals surface area contributed by atoms with E-state index in [0.29, 0.717) is 6.10 Å². The van der Waals surface area contributed by atoms with Crippen LogP contribution in [-0.2, 0) is 11.2 Å². The Labute approximate surface area is 78.1 Å². The Kier molecular flexibility index (Phi) is 2.90. The number of hydrogen-bond acceptors (Lipinski definition) is 3. The normalized spacial score (nSPS) is 22.9. The molecule has 0 amide bonds. The lowest BCUT2D eigenvalue weighted by molar-refractivity contribution is 0.0292. The molecule has 70 valence electrons. The highest BCUT2D eigenvalue weighted by Gasteiger charge is 2.13. The molecule has 2 heterocycles. The Morgan fingerprint density at radius 1 is 1.62 bits per heavy atom. The Balaban J connectivity index is 1.90. The molecule has 1 fully saturated rings. The van der Waals surface area contributed by atoms with Gasteiger partial charge in [0.25, 0.3) is 0 Å². The third-order valence-electron chi connectivity index (χ3n) is 2.19. The molecule has 1 aromatic rings. The molecule has 0 aliphatic carbocycles. The van der Waals surface area contributed by atoms with E-state index in [1.165, 1.54) is 5.56 Å². The topological polar surface area (TPSA) is 34.2 Å². The number of rotatable bonds is 2. The van der Waals surface area contributed by atoms with Gasteiger partial charge in [-0.1, -0.05) is 6.07 Å². The molecule has 0 aromatic carbocycles. The quantitative estimate of drug-likeness (QED) is 0.720. The molecule has 13 heavy (non-hydrogen) atoms. The third kappa shape index (κ3) is 2.50. The predicted molar refractivity (Wildman–Crippen MR) is 50.6 cm³/mol. The van der Waals surface area contributed by atoms with Gasteiger partial charge in [0.1, 0.15) is 0 Å². The summed E-state index contributed by atoms with van der Waals surface area (Å²) < 4.78 is 5.59. The molecular weight excluding hydrogens is 164 g/mol. The third-order valence-corrected chi connectivity index (χ3v) is 2.19. The van der Waals surface area contributed by atoms with E-state index in [1.807, 2.05) is 12.3 Å². The van der Waals surface area contributed by atoms with E-state index in [-0.39, 0.29) is 0 Å². The molecule has 3 nitrogen and oxygen atoms in total. The molecule has 1 aromatic heterocycles. The molecule has 1 saturated heterocycles. The first-order valence-corrected chi connectivity index (χ1v) is 4.66. The molecule has 0 bridgehead atoms. The fourth-order valence-corrected chi connectivity index (χ4v) is 1.53. The maximum absolute atomic E-state index is 5.59. The van der Waals surface area contributed by atoms with Crippen LogP contribution in [0.4, 0.5) is 0 Å². The number of pyridine rings is 1. The van der Waals surface area contributed by atoms with E-state index in [1.54, 1.807) is 6.20 Å². The molecule has 1 unspecified atom stereocenters. The van der Waals surface area contributed by atoms with E-state index in [9.17, 15) is 0 Å². The fourth-order valence-electron chi connectivity index (χ4n) is 1.53. The minimum absolute atomic E-state index is 0.318. The molecule has 0 saturated carbocycles. The first-order chi connectivity index (χ1) is 6.45. The SMILES string of the molecule is c1cncc(CC2CNCCO2)c1. The summed E-state index contributed by atoms with van der Waals surface area (Å²) in [5.74, 6) is 0. The van der Waals surface area contributed by atoms with Gasteiger partial charge in [-0.3, -0.25) is 4.98 Å². The molecule has 0 spiro atoms. The van der Waals surface area contributed by atoms with Gasteiger partial charge in [-0.2, -0.15) is 0 Å². The lowest BCUT2D eigenvalue weighted by Gasteiger charge is -2.23. The van der Waals surface area contributed by atoms with E-state index >= 15 is 0 Å². The monoisotopic (exact) mass is 178 g/mol. The van der Waals surface area contributed by atoms with Gasteiger partial charge >= 0.3 is 0 Å². The van der Waals surface area contributed by atoms with E-state index < -0.39 is 0 Å². The van der Waals surface area contributed by atoms with Gasteiger partial charge in [-0.25, -0.2) is 0 Å². The van der Waals surface area contributed by atoms with Crippen LogP contribution in [0, 0.1) is 0 Å². The maximum atomic E-state index is 5.59. The minimum atomic E-state index is 0.318. The first-order valence-electron chi connectivity index (χ1n) is 4.66. The standard InChI is InChI=1S/C10H14N2O/c1-2-9(7-11-3-1)6-10-8-12-4-5-13-10/h1-3,7,10,12H,4-6,8H2. The summed E-state index contributed by atoms with van der Waals surface area (Å²) in [5.41, 5.74) is 1.25. The number of nitrogens with zero attached hydrogens (tertiary/aromatic N) is 1. The second-order valence-corrected chi connectivity index (χ2v) is 3.26. The summed E-state index contributed by atoms with van der Waals surface area (Å²) in [4.78, 5) is 4.07. The molecular formula is C10H14N2O. The van der Waals surface area contributed by atoms with Crippen LogP contribution in [-0.4, -0.2) is 30.8 Å². The number of morpholine rings is 1. The summed E-state index contributed by atoms with van der Waals surface area (Å²) in [7, 11) is 0. The molecule has 1 aliphatic heterocycles. The summed E-state index contributed by atoms with van der Waals surface area (Å²) >= 11 is 0. The molecule has 3 heteroatoms. The second-order valence-electron chi connectivity index (χ2n) is 3.26. The van der Waals surface area contributed by atoms with Crippen LogP contribution in [0.3, 0.4) is 0 Å². The smallest absolute Gasteiger partial charge is 0.0740 e. The van der Waals surface area contributed by atoms with Gasteiger partial charge < -0.3 is 10.1 Å². The lowest BCUT2D eigenvalue weighted by atomic mass is 10.1. The summed E-state index contributed by atoms with van der Waals surface area (Å²) in [6.45, 7) is 2.75. The van der Waals surface area contributed by atoms with Crippen LogP contribution in [0.2, 0.25) is 0 Å². The first kappa shape index (κ1) is 8.66. The highest BCUT2D eigenvalue weighted by atomic mass is 16.5. The van der Waals surface area contributed by atoms with Gasteiger partial charge in [0, 0.05) is 31.9 Å². The highest BCUT2D eigenvalue weighted by molar-refractivity contribution is 5.09. The van der Waals surface area contributed by atoms with Crippen LogP contribution in [0.5, 0.6) is 0 Å². The largest absolute Gasteiger partial charge is 0.375 e. The van der Waals surface area contributed by atoms with Crippen molar-refractivity contribution in [3.8, 4) is 0 Å². The van der Waals surface area contributed by atoms with E-state index in [4.69, 9.17) is 4.74 Å². The Bertz CT molecular complexity index is 244. The van der Waals surface area contributed by atoms with Crippen LogP contribution in [0.25, 0.3) is 0 Å². The number of aromatic nitrogens is 1. The molecule has 1 aliphatic rings. The van der Waals surface area contributed by atoms with Crippen LogP contribution >= 0.6 is 0 Å². The van der Waals surface area contributed by atoms with Gasteiger partial charge in [0.2, 0.25) is 0 Å². The van der Waals surface area contributed by atoms with Gasteiger partial charge in [-0.05, 0) is 11.6 Å². The van der Waals surface area contributed by atoms with Crippen molar-refractivity contribution < 1.29 is 4.74 Å². The van der Waals surface area contributed by atoms with Crippen molar-refractivity contribution in [2.75, 3.05) is 19.7 Å². The second kappa shape index (κ2) is 4.35. The lowest BCUT2D eigenvalue weighted by Crippen LogP contribution is -2.39. The number of hydrogen-bond donors (Lipinski definition) is 1. The van der Waals surface area contributed by atoms with E-state index in [0.717, 1.165) is 26.1 Å². The Morgan fingerprint density at radius 2 is 2.62 bits per heavy atom. The van der Waals surface area contributed by atoms with Crippen LogP contribution in [0.15, 0.2) is 24.5 Å². The number of ether oxygens (including phenoxy) is 1. The average molecular weight is 178 g/mol. The molecule has 0 radical (unpaired) electrons. The van der Waals surface area contributed by atoms with Crippen molar-refractivity contribution in [3.63, 3.8) is 0 Å². The van der Waals surface area contributed by atoms with Crippen molar-refractivity contribution >= 4 is 0 Å². The van der Waals surface area contributed by atoms with Gasteiger partial charge in [0.15, 0.2) is 0 Å². The van der Waals surface area contributed by atoms with Gasteiger partial charge in [-0.15, -0.1) is 0 Å². The van der Waals surface area contributed by atoms with Gasteiger partial charge in [0.05, 0.1) is 12.7 Å². The zero-order valence-corrected chi connectivity index (χ0v) is 7.57. The summed E-state index contributed by atoms with van der Waals surface area (Å²) in [6, 6.07) is 4.05. The molecule has 2 rings (SSSR count). The predicted octanol–water partition coefficient (Wildman–Crippen LogP) is 0.612. The van der Waals surface area contributed by atoms with Crippen molar-refractivity contribution in [2.24, 2.45) is 0 Å². The van der Waals surface area contributed by atoms with Crippen molar-refractivity contribution in [2.45, 2.75) is 12.5 Å². The summed E-state index contributed by atoms with van der Waals surface area (Å²) in [5, 5.41) is 3.31. The van der Waals surface area contributed by atoms with Crippen LogP contribution in [0.1, 0.15) is 5.56 Å². The Morgan fingerprint density at radius 3 is 3.31 bits per heavy atom. The molecule has 1 N–H and O–H groups in total. The zero-order chi connectivity index (χ0) is 8.93. The minimum Gasteiger partial charge on any atom is -0.375 e. The van der Waals surface area contributed by atoms with Crippen molar-refractivity contribution in [1.29, 1.82) is 0 Å². The average Bonchev–Trinajstić information content (AvgIpc) is 2.21. The Hall–Kier alpha value is -0.930. The van der Waals surface area contributed by atoms with Crippen LogP contribution < -0.4 is 5.32 Å². The van der Waals surface area contributed by atoms with Crippen molar-refractivity contribution in [3.05, 3.63) is 30.1 Å². The fraction of sp³-hybridized carbons (Fsp3) is 0.500.